The number of carboxylic acids is 1. The molecule has 0 atom stereocenters. The Kier molecular flexibility index (Phi) is 4.76. The molecule has 0 aliphatic carbocycles. The molecule has 1 aromatic carbocycles. The average molecular weight is 351 g/mol. The second-order valence-corrected chi connectivity index (χ2v) is 7.79. The molecule has 0 amide bonds. The van der Waals surface area contributed by atoms with Crippen molar-refractivity contribution in [2.45, 2.75) is 30.8 Å². The van der Waals surface area contributed by atoms with Crippen LogP contribution in [0.4, 0.5) is 0 Å². The van der Waals surface area contributed by atoms with Gasteiger partial charge in [0, 0.05) is 4.47 Å². The fraction of sp³-hybridized carbons (Fsp3) is 0.417. The summed E-state index contributed by atoms with van der Waals surface area (Å²) in [7, 11) is -3.61. The molecule has 106 valence electrons. The van der Waals surface area contributed by atoms with Gasteiger partial charge in [0.15, 0.2) is 9.84 Å². The molecule has 0 bridgehead atoms. The zero-order valence-corrected chi connectivity index (χ0v) is 13.0. The van der Waals surface area contributed by atoms with E-state index < -0.39 is 21.4 Å². The molecule has 5 nitrogen and oxygen atoms in total. The van der Waals surface area contributed by atoms with Gasteiger partial charge in [0.25, 0.3) is 0 Å². The highest BCUT2D eigenvalue weighted by Gasteiger charge is 2.22. The van der Waals surface area contributed by atoms with Crippen molar-refractivity contribution < 1.29 is 23.4 Å². The minimum Gasteiger partial charge on any atom is -0.478 e. The lowest BCUT2D eigenvalue weighted by molar-refractivity contribution is 0.0694. The minimum atomic E-state index is -3.61. The van der Waals surface area contributed by atoms with E-state index in [-0.39, 0.29) is 22.6 Å². The molecule has 0 aromatic heterocycles. The number of benzene rings is 1. The lowest BCUT2D eigenvalue weighted by Gasteiger charge is -2.16. The van der Waals surface area contributed by atoms with Crippen molar-refractivity contribution in [3.63, 3.8) is 0 Å². The average Bonchev–Trinajstić information content (AvgIpc) is 2.25. The Morgan fingerprint density at radius 1 is 1.37 bits per heavy atom. The van der Waals surface area contributed by atoms with Gasteiger partial charge in [-0.05, 0) is 54.4 Å². The molecule has 1 rings (SSSR count). The molecule has 0 fully saturated rings. The van der Waals surface area contributed by atoms with E-state index in [0.717, 1.165) is 6.07 Å². The van der Waals surface area contributed by atoms with Gasteiger partial charge in [-0.2, -0.15) is 0 Å². The van der Waals surface area contributed by atoms with Crippen LogP contribution in [-0.4, -0.2) is 36.0 Å². The van der Waals surface area contributed by atoms with Gasteiger partial charge in [-0.3, -0.25) is 0 Å². The SMILES string of the molecule is CC(C)(O)CCS(=O)(=O)c1ccc(Br)c(C(=O)O)c1. The Morgan fingerprint density at radius 3 is 2.42 bits per heavy atom. The third kappa shape index (κ3) is 4.59. The van der Waals surface area contributed by atoms with Crippen molar-refractivity contribution in [3.05, 3.63) is 28.2 Å². The van der Waals surface area contributed by atoms with E-state index in [1.54, 1.807) is 0 Å². The number of carboxylic acid groups (broad SMARTS) is 1. The van der Waals surface area contributed by atoms with Gasteiger partial charge in [-0.15, -0.1) is 0 Å². The Bertz CT molecular complexity index is 587. The molecule has 1 aromatic rings. The van der Waals surface area contributed by atoms with Crippen molar-refractivity contribution in [1.29, 1.82) is 0 Å². The van der Waals surface area contributed by atoms with Crippen LogP contribution in [-0.2, 0) is 9.84 Å². The molecular weight excluding hydrogens is 336 g/mol. The zero-order chi connectivity index (χ0) is 14.8. The van der Waals surface area contributed by atoms with Crippen LogP contribution in [0.3, 0.4) is 0 Å². The highest BCUT2D eigenvalue weighted by Crippen LogP contribution is 2.23. The molecule has 0 heterocycles. The van der Waals surface area contributed by atoms with Crippen LogP contribution in [0.1, 0.15) is 30.6 Å². The fourth-order valence-corrected chi connectivity index (χ4v) is 3.36. The van der Waals surface area contributed by atoms with E-state index in [1.165, 1.54) is 26.0 Å². The summed E-state index contributed by atoms with van der Waals surface area (Å²) in [5.74, 6) is -1.44. The molecule has 0 saturated heterocycles. The first-order chi connectivity index (χ1) is 8.53. The third-order valence-electron chi connectivity index (χ3n) is 2.51. The van der Waals surface area contributed by atoms with Crippen molar-refractivity contribution in [3.8, 4) is 0 Å². The number of halogens is 1. The molecule has 19 heavy (non-hydrogen) atoms. The number of rotatable bonds is 5. The quantitative estimate of drug-likeness (QED) is 0.848. The summed E-state index contributed by atoms with van der Waals surface area (Å²) in [4.78, 5) is 10.9. The van der Waals surface area contributed by atoms with Gasteiger partial charge in [-0.1, -0.05) is 0 Å². The molecule has 2 N–H and O–H groups in total. The van der Waals surface area contributed by atoms with Gasteiger partial charge in [-0.25, -0.2) is 13.2 Å². The van der Waals surface area contributed by atoms with Crippen LogP contribution in [0.5, 0.6) is 0 Å². The second kappa shape index (κ2) is 5.60. The smallest absolute Gasteiger partial charge is 0.336 e. The first-order valence-electron chi connectivity index (χ1n) is 5.51. The first-order valence-corrected chi connectivity index (χ1v) is 7.95. The van der Waals surface area contributed by atoms with Crippen molar-refractivity contribution >= 4 is 31.7 Å². The summed E-state index contributed by atoms with van der Waals surface area (Å²) < 4.78 is 24.4. The lowest BCUT2D eigenvalue weighted by atomic mass is 10.1. The summed E-state index contributed by atoms with van der Waals surface area (Å²) in [6.45, 7) is 3.04. The standard InChI is InChI=1S/C12H15BrO5S/c1-12(2,16)5-6-19(17,18)8-3-4-10(13)9(7-8)11(14)15/h3-4,7,16H,5-6H2,1-2H3,(H,14,15). The highest BCUT2D eigenvalue weighted by molar-refractivity contribution is 9.10. The van der Waals surface area contributed by atoms with Gasteiger partial charge < -0.3 is 10.2 Å². The molecule has 0 aliphatic rings. The first kappa shape index (κ1) is 16.1. The van der Waals surface area contributed by atoms with E-state index >= 15 is 0 Å². The summed E-state index contributed by atoms with van der Waals surface area (Å²) in [6.07, 6.45) is 0.0772. The minimum absolute atomic E-state index is 0.0580. The predicted octanol–water partition coefficient (Wildman–Crippen LogP) is 2.08. The predicted molar refractivity (Wildman–Crippen MR) is 74.1 cm³/mol. The Morgan fingerprint density at radius 2 is 1.95 bits per heavy atom. The fourth-order valence-electron chi connectivity index (χ4n) is 1.36. The molecule has 0 radical (unpaired) electrons. The Balaban J connectivity index is 3.09. The molecular formula is C12H15BrO5S. The van der Waals surface area contributed by atoms with E-state index in [2.05, 4.69) is 15.9 Å². The van der Waals surface area contributed by atoms with Crippen LogP contribution in [0.2, 0.25) is 0 Å². The van der Waals surface area contributed by atoms with E-state index in [1.807, 2.05) is 0 Å². The number of sulfone groups is 1. The van der Waals surface area contributed by atoms with E-state index in [4.69, 9.17) is 5.11 Å². The summed E-state index contributed by atoms with van der Waals surface area (Å²) >= 11 is 3.05. The molecule has 0 spiro atoms. The van der Waals surface area contributed by atoms with Crippen LogP contribution in [0.25, 0.3) is 0 Å². The maximum atomic E-state index is 12.0. The second-order valence-electron chi connectivity index (χ2n) is 4.83. The molecule has 0 unspecified atom stereocenters. The van der Waals surface area contributed by atoms with E-state index in [0.29, 0.717) is 4.47 Å². The number of aliphatic hydroxyl groups is 1. The normalized spacial score (nSPS) is 12.4. The van der Waals surface area contributed by atoms with Crippen LogP contribution < -0.4 is 0 Å². The topological polar surface area (TPSA) is 91.7 Å². The number of carbonyl (C=O) groups is 1. The molecule has 0 saturated carbocycles. The zero-order valence-electron chi connectivity index (χ0n) is 10.6. The molecule has 0 aliphatic heterocycles. The largest absolute Gasteiger partial charge is 0.478 e. The van der Waals surface area contributed by atoms with Crippen LogP contribution in [0.15, 0.2) is 27.6 Å². The maximum Gasteiger partial charge on any atom is 0.336 e. The third-order valence-corrected chi connectivity index (χ3v) is 4.92. The number of hydrogen-bond donors (Lipinski definition) is 2. The summed E-state index contributed by atoms with van der Waals surface area (Å²) in [5.41, 5.74) is -1.19. The van der Waals surface area contributed by atoms with Gasteiger partial charge in [0.05, 0.1) is 21.8 Å². The van der Waals surface area contributed by atoms with Crippen LogP contribution in [0, 0.1) is 0 Å². The molecule has 7 heteroatoms. The Hall–Kier alpha value is -0.920. The summed E-state index contributed by atoms with van der Waals surface area (Å²) in [5, 5.41) is 18.5. The van der Waals surface area contributed by atoms with Crippen LogP contribution >= 0.6 is 15.9 Å². The lowest BCUT2D eigenvalue weighted by Crippen LogP contribution is -2.23. The number of aromatic carboxylic acids is 1. The van der Waals surface area contributed by atoms with Crippen molar-refractivity contribution in [2.75, 3.05) is 5.75 Å². The highest BCUT2D eigenvalue weighted by atomic mass is 79.9. The number of hydrogen-bond acceptors (Lipinski definition) is 4. The van der Waals surface area contributed by atoms with Gasteiger partial charge >= 0.3 is 5.97 Å². The monoisotopic (exact) mass is 350 g/mol. The maximum absolute atomic E-state index is 12.0. The van der Waals surface area contributed by atoms with Crippen molar-refractivity contribution in [1.82, 2.24) is 0 Å². The van der Waals surface area contributed by atoms with Gasteiger partial charge in [0.2, 0.25) is 0 Å². The van der Waals surface area contributed by atoms with E-state index in [9.17, 15) is 18.3 Å². The van der Waals surface area contributed by atoms with Crippen molar-refractivity contribution in [2.24, 2.45) is 0 Å². The van der Waals surface area contributed by atoms with Gasteiger partial charge in [0.1, 0.15) is 0 Å². The Labute approximate surface area is 120 Å². The summed E-state index contributed by atoms with van der Waals surface area (Å²) in [6, 6.07) is 3.85.